The Balaban J connectivity index is 1.81. The lowest BCUT2D eigenvalue weighted by atomic mass is 10.0. The molecule has 33 heavy (non-hydrogen) atoms. The van der Waals surface area contributed by atoms with Crippen LogP contribution in [-0.4, -0.2) is 29.9 Å². The Morgan fingerprint density at radius 2 is 1.42 bits per heavy atom. The number of rotatable bonds is 9. The lowest BCUT2D eigenvalue weighted by Crippen LogP contribution is -2.35. The SMILES string of the molecule is CCCOc1ccccc1N1C(=O)C(c2ccccc2)=C(N(CC)Cc2ccccc2)C1=O. The van der Waals surface area contributed by atoms with Crippen molar-refractivity contribution >= 4 is 23.1 Å². The number of amides is 2. The maximum atomic E-state index is 13.9. The monoisotopic (exact) mass is 440 g/mol. The topological polar surface area (TPSA) is 49.9 Å². The molecule has 1 aliphatic heterocycles. The first-order chi connectivity index (χ1) is 16.2. The third-order valence-corrected chi connectivity index (χ3v) is 5.60. The number of nitrogens with zero attached hydrogens (tertiary/aromatic N) is 2. The molecule has 0 radical (unpaired) electrons. The lowest BCUT2D eigenvalue weighted by Gasteiger charge is -2.25. The summed E-state index contributed by atoms with van der Waals surface area (Å²) in [6, 6.07) is 26.6. The second kappa shape index (κ2) is 10.2. The molecule has 0 bridgehead atoms. The Labute approximate surface area is 194 Å². The van der Waals surface area contributed by atoms with Gasteiger partial charge in [0.05, 0.1) is 17.9 Å². The van der Waals surface area contributed by atoms with E-state index in [1.54, 1.807) is 12.1 Å². The van der Waals surface area contributed by atoms with Crippen LogP contribution in [0.5, 0.6) is 5.75 Å². The first-order valence-corrected chi connectivity index (χ1v) is 11.3. The van der Waals surface area contributed by atoms with Gasteiger partial charge in [0.2, 0.25) is 0 Å². The normalized spacial score (nSPS) is 13.6. The zero-order chi connectivity index (χ0) is 23.2. The van der Waals surface area contributed by atoms with Gasteiger partial charge in [-0.05, 0) is 36.6 Å². The molecule has 168 valence electrons. The van der Waals surface area contributed by atoms with Crippen LogP contribution in [0.4, 0.5) is 5.69 Å². The lowest BCUT2D eigenvalue weighted by molar-refractivity contribution is -0.120. The molecule has 5 heteroatoms. The Morgan fingerprint density at radius 3 is 2.09 bits per heavy atom. The van der Waals surface area contributed by atoms with Gasteiger partial charge in [-0.25, -0.2) is 4.90 Å². The van der Waals surface area contributed by atoms with E-state index < -0.39 is 0 Å². The van der Waals surface area contributed by atoms with Crippen molar-refractivity contribution in [2.75, 3.05) is 18.1 Å². The number of hydrogen-bond donors (Lipinski definition) is 0. The summed E-state index contributed by atoms with van der Waals surface area (Å²) < 4.78 is 5.88. The van der Waals surface area contributed by atoms with Crippen LogP contribution in [0, 0.1) is 0 Å². The van der Waals surface area contributed by atoms with Crippen molar-refractivity contribution in [3.05, 3.63) is 102 Å². The van der Waals surface area contributed by atoms with Gasteiger partial charge in [0, 0.05) is 13.1 Å². The Kier molecular flexibility index (Phi) is 6.89. The second-order valence-corrected chi connectivity index (χ2v) is 7.85. The van der Waals surface area contributed by atoms with Crippen LogP contribution in [0.15, 0.2) is 90.6 Å². The zero-order valence-electron chi connectivity index (χ0n) is 19.0. The number of likely N-dealkylation sites (N-methyl/N-ethyl adjacent to an activating group) is 1. The average Bonchev–Trinajstić information content (AvgIpc) is 3.12. The molecule has 5 nitrogen and oxygen atoms in total. The minimum absolute atomic E-state index is 0.329. The molecule has 0 unspecified atom stereocenters. The molecule has 1 heterocycles. The molecule has 0 spiro atoms. The molecule has 3 aromatic rings. The van der Waals surface area contributed by atoms with Gasteiger partial charge in [0.15, 0.2) is 0 Å². The summed E-state index contributed by atoms with van der Waals surface area (Å²) in [4.78, 5) is 30.9. The fourth-order valence-electron chi connectivity index (χ4n) is 4.02. The van der Waals surface area contributed by atoms with Crippen molar-refractivity contribution in [1.29, 1.82) is 0 Å². The van der Waals surface area contributed by atoms with E-state index in [2.05, 4.69) is 0 Å². The van der Waals surface area contributed by atoms with Gasteiger partial charge in [0.25, 0.3) is 11.8 Å². The summed E-state index contributed by atoms with van der Waals surface area (Å²) in [5.74, 6) is -0.134. The summed E-state index contributed by atoms with van der Waals surface area (Å²) in [6.45, 7) is 5.64. The van der Waals surface area contributed by atoms with Crippen LogP contribution >= 0.6 is 0 Å². The average molecular weight is 441 g/mol. The molecule has 3 aromatic carbocycles. The minimum Gasteiger partial charge on any atom is -0.491 e. The van der Waals surface area contributed by atoms with E-state index in [1.165, 1.54) is 4.90 Å². The number of hydrogen-bond acceptors (Lipinski definition) is 4. The molecule has 4 rings (SSSR count). The summed E-state index contributed by atoms with van der Waals surface area (Å²) in [7, 11) is 0. The highest BCUT2D eigenvalue weighted by atomic mass is 16.5. The fraction of sp³-hybridized carbons (Fsp3) is 0.214. The highest BCUT2D eigenvalue weighted by molar-refractivity contribution is 6.45. The maximum absolute atomic E-state index is 13.9. The van der Waals surface area contributed by atoms with E-state index in [-0.39, 0.29) is 11.8 Å². The van der Waals surface area contributed by atoms with Gasteiger partial charge >= 0.3 is 0 Å². The van der Waals surface area contributed by atoms with Crippen LogP contribution in [0.1, 0.15) is 31.4 Å². The number of para-hydroxylation sites is 2. The summed E-state index contributed by atoms with van der Waals surface area (Å²) >= 11 is 0. The molecule has 0 saturated heterocycles. The maximum Gasteiger partial charge on any atom is 0.282 e. The predicted molar refractivity (Wildman–Crippen MR) is 131 cm³/mol. The fourth-order valence-corrected chi connectivity index (χ4v) is 4.02. The Morgan fingerprint density at radius 1 is 0.788 bits per heavy atom. The van der Waals surface area contributed by atoms with E-state index in [0.717, 1.165) is 17.5 Å². The van der Waals surface area contributed by atoms with Gasteiger partial charge in [-0.2, -0.15) is 0 Å². The largest absolute Gasteiger partial charge is 0.491 e. The molecule has 0 N–H and O–H groups in total. The molecule has 0 saturated carbocycles. The van der Waals surface area contributed by atoms with Crippen molar-refractivity contribution in [2.45, 2.75) is 26.8 Å². The van der Waals surface area contributed by atoms with Crippen LogP contribution < -0.4 is 9.64 Å². The highest BCUT2D eigenvalue weighted by Gasteiger charge is 2.43. The Bertz CT molecular complexity index is 1160. The van der Waals surface area contributed by atoms with Crippen molar-refractivity contribution < 1.29 is 14.3 Å². The van der Waals surface area contributed by atoms with Gasteiger partial charge in [0.1, 0.15) is 11.4 Å². The van der Waals surface area contributed by atoms with E-state index in [4.69, 9.17) is 4.74 Å². The molecular weight excluding hydrogens is 412 g/mol. The highest BCUT2D eigenvalue weighted by Crippen LogP contribution is 2.39. The third kappa shape index (κ3) is 4.53. The van der Waals surface area contributed by atoms with Gasteiger partial charge < -0.3 is 9.64 Å². The number of benzene rings is 3. The molecular formula is C28H28N2O3. The molecule has 2 amide bonds. The first kappa shape index (κ1) is 22.3. The number of imide groups is 1. The smallest absolute Gasteiger partial charge is 0.282 e. The first-order valence-electron chi connectivity index (χ1n) is 11.3. The second-order valence-electron chi connectivity index (χ2n) is 7.85. The zero-order valence-corrected chi connectivity index (χ0v) is 19.0. The van der Waals surface area contributed by atoms with Gasteiger partial charge in [-0.1, -0.05) is 79.7 Å². The van der Waals surface area contributed by atoms with Crippen LogP contribution in [-0.2, 0) is 16.1 Å². The van der Waals surface area contributed by atoms with E-state index in [9.17, 15) is 9.59 Å². The summed E-state index contributed by atoms with van der Waals surface area (Å²) in [5.41, 5.74) is 3.11. The summed E-state index contributed by atoms with van der Waals surface area (Å²) in [6.07, 6.45) is 0.829. The Hall–Kier alpha value is -3.86. The molecule has 0 aliphatic carbocycles. The molecule has 0 atom stereocenters. The van der Waals surface area contributed by atoms with Crippen molar-refractivity contribution in [3.8, 4) is 5.75 Å². The standard InChI is InChI=1S/C28H28N2O3/c1-3-19-33-24-18-12-11-17-23(24)30-27(31)25(22-15-9-6-10-16-22)26(28(30)32)29(4-2)20-21-13-7-5-8-14-21/h5-18H,3-4,19-20H2,1-2H3. The van der Waals surface area contributed by atoms with Gasteiger partial charge in [-0.3, -0.25) is 9.59 Å². The van der Waals surface area contributed by atoms with Crippen molar-refractivity contribution in [3.63, 3.8) is 0 Å². The van der Waals surface area contributed by atoms with Crippen LogP contribution in [0.2, 0.25) is 0 Å². The van der Waals surface area contributed by atoms with Crippen molar-refractivity contribution in [1.82, 2.24) is 4.90 Å². The quantitative estimate of drug-likeness (QED) is 0.425. The molecule has 0 aromatic heterocycles. The minimum atomic E-state index is -0.333. The third-order valence-electron chi connectivity index (χ3n) is 5.60. The summed E-state index contributed by atoms with van der Waals surface area (Å²) in [5, 5.41) is 0. The number of carbonyl (C=O) groups excluding carboxylic acids is 2. The van der Waals surface area contributed by atoms with Crippen LogP contribution in [0.3, 0.4) is 0 Å². The number of carbonyl (C=O) groups is 2. The van der Waals surface area contributed by atoms with E-state index in [0.29, 0.717) is 42.4 Å². The van der Waals surface area contributed by atoms with Crippen molar-refractivity contribution in [2.24, 2.45) is 0 Å². The predicted octanol–water partition coefficient (Wildman–Crippen LogP) is 5.28. The number of anilines is 1. The van der Waals surface area contributed by atoms with Crippen LogP contribution in [0.25, 0.3) is 5.57 Å². The van der Waals surface area contributed by atoms with Gasteiger partial charge in [-0.15, -0.1) is 0 Å². The van der Waals surface area contributed by atoms with E-state index in [1.807, 2.05) is 91.5 Å². The number of ether oxygens (including phenoxy) is 1. The van der Waals surface area contributed by atoms with E-state index >= 15 is 0 Å². The molecule has 0 fully saturated rings. The molecule has 1 aliphatic rings.